The summed E-state index contributed by atoms with van der Waals surface area (Å²) >= 11 is 0. The van der Waals surface area contributed by atoms with Crippen molar-refractivity contribution in [2.24, 2.45) is 0 Å². The summed E-state index contributed by atoms with van der Waals surface area (Å²) in [5, 5.41) is 3.10. The molecule has 1 aromatic carbocycles. The highest BCUT2D eigenvalue weighted by molar-refractivity contribution is 5.89. The highest BCUT2D eigenvalue weighted by Crippen LogP contribution is 2.04. The molecule has 1 N–H and O–H groups in total. The summed E-state index contributed by atoms with van der Waals surface area (Å²) in [4.78, 5) is 11.6. The summed E-state index contributed by atoms with van der Waals surface area (Å²) in [5.41, 5.74) is 1.72. The van der Waals surface area contributed by atoms with Gasteiger partial charge in [0.15, 0.2) is 0 Å². The lowest BCUT2D eigenvalue weighted by Crippen LogP contribution is -2.24. The number of carbonyl (C=O) groups excluding carboxylic acids is 1. The number of hydrogen-bond acceptors (Lipinski definition) is 4. The topological polar surface area (TPSA) is 47.6 Å². The maximum atomic E-state index is 11.6. The van der Waals surface area contributed by atoms with E-state index in [1.165, 1.54) is 0 Å². The number of esters is 1. The van der Waals surface area contributed by atoms with Gasteiger partial charge in [-0.1, -0.05) is 17.7 Å². The molecule has 0 aliphatic rings. The van der Waals surface area contributed by atoms with E-state index in [-0.39, 0.29) is 5.97 Å². The average Bonchev–Trinajstić information content (AvgIpc) is 2.34. The van der Waals surface area contributed by atoms with Gasteiger partial charge in [-0.05, 0) is 19.1 Å². The van der Waals surface area contributed by atoms with E-state index in [4.69, 9.17) is 9.47 Å². The van der Waals surface area contributed by atoms with E-state index in [1.54, 1.807) is 19.2 Å². The molecule has 0 fully saturated rings. The Bertz CT molecular complexity index is 335. The van der Waals surface area contributed by atoms with Gasteiger partial charge < -0.3 is 14.8 Å². The van der Waals surface area contributed by atoms with Gasteiger partial charge in [0.25, 0.3) is 0 Å². The summed E-state index contributed by atoms with van der Waals surface area (Å²) in [5.74, 6) is -0.279. The summed E-state index contributed by atoms with van der Waals surface area (Å²) in [6.07, 6.45) is 0. The molecule has 0 aliphatic heterocycles. The zero-order valence-electron chi connectivity index (χ0n) is 10.4. The second-order valence-corrected chi connectivity index (χ2v) is 3.74. The second-order valence-electron chi connectivity index (χ2n) is 3.74. The molecule has 0 amide bonds. The van der Waals surface area contributed by atoms with Crippen molar-refractivity contribution in [1.82, 2.24) is 5.32 Å². The largest absolute Gasteiger partial charge is 0.461 e. The maximum absolute atomic E-state index is 11.6. The van der Waals surface area contributed by atoms with Gasteiger partial charge in [-0.3, -0.25) is 0 Å². The standard InChI is InChI=1S/C13H19NO3/c1-11-3-5-12(6-4-11)13(15)17-10-8-14-7-9-16-2/h3-6,14H,7-10H2,1-2H3. The van der Waals surface area contributed by atoms with Crippen molar-refractivity contribution in [3.63, 3.8) is 0 Å². The van der Waals surface area contributed by atoms with Gasteiger partial charge in [0, 0.05) is 20.2 Å². The van der Waals surface area contributed by atoms with Gasteiger partial charge in [-0.25, -0.2) is 4.79 Å². The highest BCUT2D eigenvalue weighted by Gasteiger charge is 2.05. The van der Waals surface area contributed by atoms with Crippen LogP contribution >= 0.6 is 0 Å². The Morgan fingerprint density at radius 3 is 2.47 bits per heavy atom. The van der Waals surface area contributed by atoms with Gasteiger partial charge in [0.2, 0.25) is 0 Å². The lowest BCUT2D eigenvalue weighted by Gasteiger charge is -2.06. The molecule has 1 aromatic rings. The normalized spacial score (nSPS) is 10.2. The monoisotopic (exact) mass is 237 g/mol. The van der Waals surface area contributed by atoms with E-state index in [0.717, 1.165) is 12.1 Å². The number of benzene rings is 1. The van der Waals surface area contributed by atoms with Crippen LogP contribution < -0.4 is 5.32 Å². The molecular formula is C13H19NO3. The van der Waals surface area contributed by atoms with Gasteiger partial charge >= 0.3 is 5.97 Å². The third-order valence-corrected chi connectivity index (χ3v) is 2.28. The smallest absolute Gasteiger partial charge is 0.338 e. The first-order chi connectivity index (χ1) is 8.24. The minimum Gasteiger partial charge on any atom is -0.461 e. The number of nitrogens with one attached hydrogen (secondary N) is 1. The Kier molecular flexibility index (Phi) is 6.29. The first-order valence-electron chi connectivity index (χ1n) is 5.67. The van der Waals surface area contributed by atoms with Crippen LogP contribution in [0.15, 0.2) is 24.3 Å². The molecule has 4 nitrogen and oxygen atoms in total. The Morgan fingerprint density at radius 1 is 1.18 bits per heavy atom. The zero-order chi connectivity index (χ0) is 12.5. The minimum atomic E-state index is -0.279. The van der Waals surface area contributed by atoms with Crippen molar-refractivity contribution >= 4 is 5.97 Å². The van der Waals surface area contributed by atoms with E-state index in [0.29, 0.717) is 25.3 Å². The summed E-state index contributed by atoms with van der Waals surface area (Å²) < 4.78 is 9.99. The molecule has 1 rings (SSSR count). The van der Waals surface area contributed by atoms with Crippen LogP contribution in [0.5, 0.6) is 0 Å². The molecule has 0 unspecified atom stereocenters. The molecule has 0 spiro atoms. The van der Waals surface area contributed by atoms with Gasteiger partial charge in [-0.15, -0.1) is 0 Å². The third-order valence-electron chi connectivity index (χ3n) is 2.28. The Morgan fingerprint density at radius 2 is 1.82 bits per heavy atom. The second kappa shape index (κ2) is 7.81. The molecule has 4 heteroatoms. The molecule has 0 saturated heterocycles. The number of rotatable bonds is 7. The Balaban J connectivity index is 2.19. The van der Waals surface area contributed by atoms with E-state index >= 15 is 0 Å². The summed E-state index contributed by atoms with van der Waals surface area (Å²) in [7, 11) is 1.65. The molecule has 0 radical (unpaired) electrons. The van der Waals surface area contributed by atoms with Crippen LogP contribution in [0.3, 0.4) is 0 Å². The minimum absolute atomic E-state index is 0.279. The Labute approximate surface area is 102 Å². The molecule has 0 aromatic heterocycles. The van der Waals surface area contributed by atoms with Crippen LogP contribution in [0.4, 0.5) is 0 Å². The molecule has 0 bridgehead atoms. The van der Waals surface area contributed by atoms with Crippen LogP contribution in [-0.4, -0.2) is 39.4 Å². The molecule has 94 valence electrons. The molecule has 0 saturated carbocycles. The average molecular weight is 237 g/mol. The summed E-state index contributed by atoms with van der Waals surface area (Å²) in [6, 6.07) is 7.34. The number of ether oxygens (including phenoxy) is 2. The molecule has 17 heavy (non-hydrogen) atoms. The van der Waals surface area contributed by atoms with E-state index in [1.807, 2.05) is 19.1 Å². The SMILES string of the molecule is COCCNCCOC(=O)c1ccc(C)cc1. The first-order valence-corrected chi connectivity index (χ1v) is 5.67. The van der Waals surface area contributed by atoms with Crippen molar-refractivity contribution < 1.29 is 14.3 Å². The third kappa shape index (κ3) is 5.47. The fourth-order valence-corrected chi connectivity index (χ4v) is 1.29. The Hall–Kier alpha value is -1.39. The number of aryl methyl sites for hydroxylation is 1. The quantitative estimate of drug-likeness (QED) is 0.575. The first kappa shape index (κ1) is 13.7. The fourth-order valence-electron chi connectivity index (χ4n) is 1.29. The predicted molar refractivity (Wildman–Crippen MR) is 66.2 cm³/mol. The highest BCUT2D eigenvalue weighted by atomic mass is 16.5. The van der Waals surface area contributed by atoms with Gasteiger partial charge in [0.1, 0.15) is 6.61 Å². The lowest BCUT2D eigenvalue weighted by molar-refractivity contribution is 0.0507. The fraction of sp³-hybridized carbons (Fsp3) is 0.462. The van der Waals surface area contributed by atoms with Crippen LogP contribution in [0.2, 0.25) is 0 Å². The van der Waals surface area contributed by atoms with Crippen molar-refractivity contribution in [3.05, 3.63) is 35.4 Å². The van der Waals surface area contributed by atoms with Crippen molar-refractivity contribution in [2.75, 3.05) is 33.4 Å². The number of hydrogen-bond donors (Lipinski definition) is 1. The number of methoxy groups -OCH3 is 1. The van der Waals surface area contributed by atoms with Crippen LogP contribution in [-0.2, 0) is 9.47 Å². The van der Waals surface area contributed by atoms with Gasteiger partial charge in [0.05, 0.1) is 12.2 Å². The molecule has 0 aliphatic carbocycles. The van der Waals surface area contributed by atoms with E-state index < -0.39 is 0 Å². The maximum Gasteiger partial charge on any atom is 0.338 e. The van der Waals surface area contributed by atoms with Crippen molar-refractivity contribution in [3.8, 4) is 0 Å². The van der Waals surface area contributed by atoms with Crippen LogP contribution in [0.25, 0.3) is 0 Å². The predicted octanol–water partition coefficient (Wildman–Crippen LogP) is 1.39. The molecule has 0 heterocycles. The lowest BCUT2D eigenvalue weighted by atomic mass is 10.1. The van der Waals surface area contributed by atoms with E-state index in [2.05, 4.69) is 5.32 Å². The molecular weight excluding hydrogens is 218 g/mol. The number of carbonyl (C=O) groups is 1. The zero-order valence-corrected chi connectivity index (χ0v) is 10.4. The van der Waals surface area contributed by atoms with Crippen LogP contribution in [0, 0.1) is 6.92 Å². The van der Waals surface area contributed by atoms with Crippen molar-refractivity contribution in [2.45, 2.75) is 6.92 Å². The van der Waals surface area contributed by atoms with Crippen LogP contribution in [0.1, 0.15) is 15.9 Å². The van der Waals surface area contributed by atoms with E-state index in [9.17, 15) is 4.79 Å². The van der Waals surface area contributed by atoms with Gasteiger partial charge in [-0.2, -0.15) is 0 Å². The summed E-state index contributed by atoms with van der Waals surface area (Å²) in [6.45, 7) is 4.41. The molecule has 0 atom stereocenters. The van der Waals surface area contributed by atoms with Crippen molar-refractivity contribution in [1.29, 1.82) is 0 Å².